The Balaban J connectivity index is 2.50. The van der Waals surface area contributed by atoms with Crippen molar-refractivity contribution in [3.63, 3.8) is 0 Å². The third kappa shape index (κ3) is 3.28. The van der Waals surface area contributed by atoms with E-state index < -0.39 is 10.6 Å². The van der Waals surface area contributed by atoms with Crippen LogP contribution >= 0.6 is 11.6 Å². The molecule has 0 radical (unpaired) electrons. The summed E-state index contributed by atoms with van der Waals surface area (Å²) in [5.41, 5.74) is 1.48. The summed E-state index contributed by atoms with van der Waals surface area (Å²) in [6.45, 7) is 5.94. The molecular weight excluding hydrogens is 294 g/mol. The second kappa shape index (κ2) is 6.05. The molecule has 0 atom stereocenters. The fourth-order valence-corrected chi connectivity index (χ4v) is 2.08. The van der Waals surface area contributed by atoms with Gasteiger partial charge in [0.25, 0.3) is 0 Å². The first-order chi connectivity index (χ1) is 9.90. The number of rotatable bonds is 4. The Morgan fingerprint density at radius 2 is 2.05 bits per heavy atom. The highest BCUT2D eigenvalue weighted by molar-refractivity contribution is 6.31. The standard InChI is InChI=1S/C14H14ClN3O3/c1-8(2)10-5-4-9(3)6-11(10)21-14-12(18(19)20)13(15)16-7-17-14/h4-8H,1-3H3. The average Bonchev–Trinajstić information content (AvgIpc) is 2.37. The van der Waals surface area contributed by atoms with Gasteiger partial charge in [-0.1, -0.05) is 37.6 Å². The Labute approximate surface area is 126 Å². The summed E-state index contributed by atoms with van der Waals surface area (Å²) in [6, 6.07) is 5.71. The molecule has 1 heterocycles. The van der Waals surface area contributed by atoms with Crippen LogP contribution in [-0.2, 0) is 0 Å². The van der Waals surface area contributed by atoms with Crippen LogP contribution in [0.5, 0.6) is 11.6 Å². The molecule has 0 aliphatic carbocycles. The van der Waals surface area contributed by atoms with Crippen molar-refractivity contribution in [1.82, 2.24) is 9.97 Å². The van der Waals surface area contributed by atoms with Crippen LogP contribution in [0.15, 0.2) is 24.5 Å². The highest BCUT2D eigenvalue weighted by Gasteiger charge is 2.24. The molecule has 0 saturated carbocycles. The van der Waals surface area contributed by atoms with Crippen molar-refractivity contribution in [3.8, 4) is 11.6 Å². The smallest absolute Gasteiger partial charge is 0.368 e. The highest BCUT2D eigenvalue weighted by Crippen LogP contribution is 2.36. The molecule has 2 aromatic rings. The van der Waals surface area contributed by atoms with Crippen molar-refractivity contribution in [2.24, 2.45) is 0 Å². The molecule has 1 aromatic carbocycles. The van der Waals surface area contributed by atoms with E-state index >= 15 is 0 Å². The zero-order valence-corrected chi connectivity index (χ0v) is 12.6. The number of nitro groups is 1. The van der Waals surface area contributed by atoms with E-state index in [4.69, 9.17) is 16.3 Å². The van der Waals surface area contributed by atoms with Crippen LogP contribution in [0.4, 0.5) is 5.69 Å². The minimum Gasteiger partial charge on any atom is -0.433 e. The van der Waals surface area contributed by atoms with Gasteiger partial charge in [-0.15, -0.1) is 0 Å². The number of halogens is 1. The summed E-state index contributed by atoms with van der Waals surface area (Å²) in [5.74, 6) is 0.576. The first-order valence-electron chi connectivity index (χ1n) is 6.33. The fraction of sp³-hybridized carbons (Fsp3) is 0.286. The van der Waals surface area contributed by atoms with Crippen molar-refractivity contribution >= 4 is 17.3 Å². The number of hydrogen-bond acceptors (Lipinski definition) is 5. The third-order valence-electron chi connectivity index (χ3n) is 2.92. The Hall–Kier alpha value is -2.21. The highest BCUT2D eigenvalue weighted by atomic mass is 35.5. The zero-order valence-electron chi connectivity index (χ0n) is 11.8. The number of ether oxygens (including phenoxy) is 1. The number of benzene rings is 1. The fourth-order valence-electron chi connectivity index (χ4n) is 1.88. The summed E-state index contributed by atoms with van der Waals surface area (Å²) in [4.78, 5) is 17.9. The maximum absolute atomic E-state index is 11.1. The lowest BCUT2D eigenvalue weighted by Gasteiger charge is -2.14. The molecule has 0 amide bonds. The van der Waals surface area contributed by atoms with Crippen molar-refractivity contribution in [1.29, 1.82) is 0 Å². The first kappa shape index (κ1) is 15.2. The van der Waals surface area contributed by atoms with Crippen LogP contribution in [0.25, 0.3) is 0 Å². The van der Waals surface area contributed by atoms with Crippen LogP contribution in [0, 0.1) is 17.0 Å². The van der Waals surface area contributed by atoms with E-state index in [1.807, 2.05) is 39.0 Å². The van der Waals surface area contributed by atoms with Gasteiger partial charge in [0.1, 0.15) is 12.1 Å². The molecule has 0 fully saturated rings. The predicted molar refractivity (Wildman–Crippen MR) is 79.0 cm³/mol. The normalized spacial score (nSPS) is 10.7. The Morgan fingerprint density at radius 3 is 2.67 bits per heavy atom. The quantitative estimate of drug-likeness (QED) is 0.479. The SMILES string of the molecule is Cc1ccc(C(C)C)c(Oc2ncnc(Cl)c2[N+](=O)[O-])c1. The molecular formula is C14H14ClN3O3. The van der Waals surface area contributed by atoms with Crippen LogP contribution in [-0.4, -0.2) is 14.9 Å². The molecule has 0 aliphatic rings. The van der Waals surface area contributed by atoms with Gasteiger partial charge in [0.05, 0.1) is 4.92 Å². The van der Waals surface area contributed by atoms with E-state index in [9.17, 15) is 10.1 Å². The Morgan fingerprint density at radius 1 is 1.33 bits per heavy atom. The van der Waals surface area contributed by atoms with Gasteiger partial charge >= 0.3 is 11.6 Å². The largest absolute Gasteiger partial charge is 0.433 e. The van der Waals surface area contributed by atoms with Gasteiger partial charge in [-0.05, 0) is 30.0 Å². The summed E-state index contributed by atoms with van der Waals surface area (Å²) in [7, 11) is 0. The van der Waals surface area contributed by atoms with E-state index in [1.165, 1.54) is 0 Å². The van der Waals surface area contributed by atoms with Gasteiger partial charge in [0.15, 0.2) is 0 Å². The minimum atomic E-state index is -0.650. The Bertz CT molecular complexity index is 689. The van der Waals surface area contributed by atoms with E-state index in [0.29, 0.717) is 5.75 Å². The maximum atomic E-state index is 11.1. The van der Waals surface area contributed by atoms with Crippen molar-refractivity contribution in [2.75, 3.05) is 0 Å². The molecule has 0 spiro atoms. The molecule has 2 rings (SSSR count). The summed E-state index contributed by atoms with van der Waals surface area (Å²) < 4.78 is 5.65. The molecule has 1 aromatic heterocycles. The summed E-state index contributed by atoms with van der Waals surface area (Å²) in [5, 5.41) is 10.8. The second-order valence-corrected chi connectivity index (χ2v) is 5.23. The number of aromatic nitrogens is 2. The Kier molecular flexibility index (Phi) is 4.37. The monoisotopic (exact) mass is 307 g/mol. The van der Waals surface area contributed by atoms with Crippen LogP contribution in [0.1, 0.15) is 30.9 Å². The lowest BCUT2D eigenvalue weighted by Crippen LogP contribution is -2.01. The maximum Gasteiger partial charge on any atom is 0.368 e. The van der Waals surface area contributed by atoms with Gasteiger partial charge < -0.3 is 4.74 Å². The second-order valence-electron chi connectivity index (χ2n) is 4.87. The molecule has 0 unspecified atom stereocenters. The topological polar surface area (TPSA) is 78.2 Å². The summed E-state index contributed by atoms with van der Waals surface area (Å²) in [6.07, 6.45) is 1.13. The van der Waals surface area contributed by atoms with Crippen molar-refractivity contribution in [2.45, 2.75) is 26.7 Å². The van der Waals surface area contributed by atoms with Gasteiger partial charge in [-0.25, -0.2) is 4.98 Å². The average molecular weight is 308 g/mol. The summed E-state index contributed by atoms with van der Waals surface area (Å²) >= 11 is 5.75. The van der Waals surface area contributed by atoms with Crippen LogP contribution in [0.3, 0.4) is 0 Å². The molecule has 0 bridgehead atoms. The first-order valence-corrected chi connectivity index (χ1v) is 6.71. The molecule has 21 heavy (non-hydrogen) atoms. The minimum absolute atomic E-state index is 0.160. The molecule has 0 saturated heterocycles. The predicted octanol–water partition coefficient (Wildman–Crippen LogP) is 4.26. The van der Waals surface area contributed by atoms with Gasteiger partial charge in [0, 0.05) is 0 Å². The molecule has 6 nitrogen and oxygen atoms in total. The number of aryl methyl sites for hydroxylation is 1. The van der Waals surface area contributed by atoms with Crippen molar-refractivity contribution < 1.29 is 9.66 Å². The molecule has 0 N–H and O–H groups in total. The van der Waals surface area contributed by atoms with Crippen LogP contribution < -0.4 is 4.74 Å². The van der Waals surface area contributed by atoms with Crippen LogP contribution in [0.2, 0.25) is 5.15 Å². The molecule has 0 aliphatic heterocycles. The molecule has 7 heteroatoms. The number of hydrogen-bond donors (Lipinski definition) is 0. The van der Waals surface area contributed by atoms with Gasteiger partial charge in [-0.3, -0.25) is 10.1 Å². The van der Waals surface area contributed by atoms with Gasteiger partial charge in [-0.2, -0.15) is 4.98 Å². The lowest BCUT2D eigenvalue weighted by atomic mass is 10.0. The van der Waals surface area contributed by atoms with E-state index in [2.05, 4.69) is 9.97 Å². The molecule has 110 valence electrons. The third-order valence-corrected chi connectivity index (χ3v) is 3.20. The van der Waals surface area contributed by atoms with E-state index in [-0.39, 0.29) is 17.0 Å². The van der Waals surface area contributed by atoms with Crippen molar-refractivity contribution in [3.05, 3.63) is 50.9 Å². The lowest BCUT2D eigenvalue weighted by molar-refractivity contribution is -0.386. The zero-order chi connectivity index (χ0) is 15.6. The van der Waals surface area contributed by atoms with Gasteiger partial charge in [0.2, 0.25) is 5.15 Å². The van der Waals surface area contributed by atoms with E-state index in [0.717, 1.165) is 17.5 Å². The number of nitrogens with zero attached hydrogens (tertiary/aromatic N) is 3. The van der Waals surface area contributed by atoms with E-state index in [1.54, 1.807) is 0 Å².